The maximum absolute atomic E-state index is 12.9. The van der Waals surface area contributed by atoms with Gasteiger partial charge in [0.25, 0.3) is 5.56 Å². The molecule has 0 aliphatic carbocycles. The van der Waals surface area contributed by atoms with E-state index in [2.05, 4.69) is 0 Å². The topological polar surface area (TPSA) is 88.8 Å². The van der Waals surface area contributed by atoms with Crippen LogP contribution in [0.4, 0.5) is 0 Å². The maximum Gasteiger partial charge on any atom is 0.332 e. The van der Waals surface area contributed by atoms with E-state index in [1.165, 1.54) is 11.5 Å². The van der Waals surface area contributed by atoms with Gasteiger partial charge in [-0.15, -0.1) is 0 Å². The summed E-state index contributed by atoms with van der Waals surface area (Å²) in [5.74, 6) is -0.350. The van der Waals surface area contributed by atoms with Gasteiger partial charge >= 0.3 is 11.7 Å². The van der Waals surface area contributed by atoms with E-state index in [-0.39, 0.29) is 37.6 Å². The Kier molecular flexibility index (Phi) is 10.6. The molecule has 0 aliphatic heterocycles. The first kappa shape index (κ1) is 25.3. The van der Waals surface area contributed by atoms with Gasteiger partial charge in [0, 0.05) is 25.2 Å². The number of aromatic nitrogens is 2. The summed E-state index contributed by atoms with van der Waals surface area (Å²) >= 11 is 0. The average Bonchev–Trinajstić information content (AvgIpc) is 2.78. The molecule has 1 atom stereocenters. The summed E-state index contributed by atoms with van der Waals surface area (Å²) in [5, 5.41) is 0. The lowest BCUT2D eigenvalue weighted by atomic mass is 10.1. The zero-order valence-electron chi connectivity index (χ0n) is 19.0. The number of allylic oxidation sites excluding steroid dienone is 1. The van der Waals surface area contributed by atoms with E-state index in [1.54, 1.807) is 13.1 Å². The molecule has 0 spiro atoms. The zero-order valence-corrected chi connectivity index (χ0v) is 19.0. The number of ether oxygens (including phenoxy) is 3. The maximum atomic E-state index is 12.9. The Labute approximate surface area is 188 Å². The van der Waals surface area contributed by atoms with Crippen LogP contribution in [0.15, 0.2) is 58.3 Å². The molecule has 0 unspecified atom stereocenters. The second-order valence-electron chi connectivity index (χ2n) is 7.41. The van der Waals surface area contributed by atoms with Gasteiger partial charge in [0.1, 0.15) is 13.3 Å². The molecule has 0 radical (unpaired) electrons. The fraction of sp³-hybridized carbons (Fsp3) is 0.458. The molecule has 2 rings (SSSR count). The van der Waals surface area contributed by atoms with Crippen molar-refractivity contribution in [1.82, 2.24) is 9.13 Å². The van der Waals surface area contributed by atoms with E-state index in [1.807, 2.05) is 49.4 Å². The summed E-state index contributed by atoms with van der Waals surface area (Å²) in [5.41, 5.74) is 0.653. The van der Waals surface area contributed by atoms with Crippen LogP contribution < -0.4 is 11.2 Å². The van der Waals surface area contributed by atoms with E-state index in [0.717, 1.165) is 10.1 Å². The van der Waals surface area contributed by atoms with Crippen LogP contribution >= 0.6 is 0 Å². The predicted octanol–water partition coefficient (Wildman–Crippen LogP) is 2.80. The van der Waals surface area contributed by atoms with E-state index in [0.29, 0.717) is 31.6 Å². The molecule has 1 heterocycles. The van der Waals surface area contributed by atoms with Gasteiger partial charge < -0.3 is 14.2 Å². The summed E-state index contributed by atoms with van der Waals surface area (Å²) in [7, 11) is 0. The van der Waals surface area contributed by atoms with Gasteiger partial charge in [0.05, 0.1) is 19.3 Å². The average molecular weight is 445 g/mol. The van der Waals surface area contributed by atoms with Crippen LogP contribution in [0.3, 0.4) is 0 Å². The fourth-order valence-corrected chi connectivity index (χ4v) is 3.14. The van der Waals surface area contributed by atoms with Crippen LogP contribution in [0.2, 0.25) is 0 Å². The largest absolute Gasteiger partial charge is 0.463 e. The summed E-state index contributed by atoms with van der Waals surface area (Å²) in [4.78, 5) is 36.3. The van der Waals surface area contributed by atoms with Crippen molar-refractivity contribution in [2.24, 2.45) is 0 Å². The number of benzene rings is 1. The van der Waals surface area contributed by atoms with Crippen LogP contribution in [-0.4, -0.2) is 34.4 Å². The van der Waals surface area contributed by atoms with Crippen molar-refractivity contribution >= 4 is 5.97 Å². The number of carbonyl (C=O) groups is 1. The van der Waals surface area contributed by atoms with Crippen LogP contribution in [-0.2, 0) is 38.9 Å². The minimum absolute atomic E-state index is 0.116. The number of carbonyl (C=O) groups excluding carboxylic acids is 1. The third kappa shape index (κ3) is 8.28. The van der Waals surface area contributed by atoms with E-state index < -0.39 is 5.69 Å². The summed E-state index contributed by atoms with van der Waals surface area (Å²) in [6.07, 6.45) is 6.58. The number of hydrogen-bond acceptors (Lipinski definition) is 6. The molecule has 0 fully saturated rings. The van der Waals surface area contributed by atoms with E-state index in [4.69, 9.17) is 14.2 Å². The normalized spacial score (nSPS) is 12.2. The Bertz CT molecular complexity index is 994. The number of esters is 1. The molecule has 0 aliphatic rings. The molecule has 1 aromatic carbocycles. The Morgan fingerprint density at radius 1 is 1.16 bits per heavy atom. The van der Waals surface area contributed by atoms with Crippen LogP contribution in [0.5, 0.6) is 0 Å². The highest BCUT2D eigenvalue weighted by Crippen LogP contribution is 2.07. The Morgan fingerprint density at radius 2 is 1.91 bits per heavy atom. The molecule has 0 N–H and O–H groups in total. The highest BCUT2D eigenvalue weighted by atomic mass is 16.6. The molecule has 174 valence electrons. The van der Waals surface area contributed by atoms with E-state index >= 15 is 0 Å². The van der Waals surface area contributed by atoms with Gasteiger partial charge in [-0.1, -0.05) is 42.5 Å². The number of hydrogen-bond donors (Lipinski definition) is 0. The Hall–Kier alpha value is -2.97. The standard InChI is InChI=1S/C24H32N2O6/c1-4-5-11-22(32-15-14-31-20(3)27)12-13-25-16-19(2)23(28)26(24(25)29)18-30-17-21-9-7-6-8-10-21/h4-10,16,22H,11-15,17-18H2,1-3H3/b5-4+/t22-/m1/s1. The van der Waals surface area contributed by atoms with Gasteiger partial charge in [-0.05, 0) is 32.3 Å². The van der Waals surface area contributed by atoms with Crippen LogP contribution in [0, 0.1) is 6.92 Å². The van der Waals surface area contributed by atoms with Gasteiger partial charge in [0.15, 0.2) is 0 Å². The summed E-state index contributed by atoms with van der Waals surface area (Å²) in [6, 6.07) is 9.57. The van der Waals surface area contributed by atoms with Crippen molar-refractivity contribution in [3.05, 3.63) is 80.6 Å². The second kappa shape index (κ2) is 13.4. The van der Waals surface area contributed by atoms with E-state index in [9.17, 15) is 14.4 Å². The molecule has 0 saturated carbocycles. The third-order valence-electron chi connectivity index (χ3n) is 4.81. The van der Waals surface area contributed by atoms with Crippen molar-refractivity contribution in [3.8, 4) is 0 Å². The molecular formula is C24H32N2O6. The molecular weight excluding hydrogens is 412 g/mol. The number of nitrogens with zero attached hydrogens (tertiary/aromatic N) is 2. The van der Waals surface area contributed by atoms with Crippen molar-refractivity contribution in [2.45, 2.75) is 59.6 Å². The third-order valence-corrected chi connectivity index (χ3v) is 4.81. The highest BCUT2D eigenvalue weighted by molar-refractivity contribution is 5.65. The minimum Gasteiger partial charge on any atom is -0.463 e. The zero-order chi connectivity index (χ0) is 23.3. The van der Waals surface area contributed by atoms with Gasteiger partial charge in [0.2, 0.25) is 0 Å². The smallest absolute Gasteiger partial charge is 0.332 e. The van der Waals surface area contributed by atoms with Gasteiger partial charge in [-0.3, -0.25) is 14.2 Å². The molecule has 0 saturated heterocycles. The van der Waals surface area contributed by atoms with Crippen LogP contribution in [0.1, 0.15) is 37.8 Å². The first-order valence-corrected chi connectivity index (χ1v) is 10.7. The minimum atomic E-state index is -0.418. The highest BCUT2D eigenvalue weighted by Gasteiger charge is 2.13. The molecule has 32 heavy (non-hydrogen) atoms. The number of aryl methyl sites for hydroxylation is 2. The summed E-state index contributed by atoms with van der Waals surface area (Å²) < 4.78 is 19.0. The molecule has 0 bridgehead atoms. The van der Waals surface area contributed by atoms with Crippen molar-refractivity contribution in [1.29, 1.82) is 0 Å². The fourth-order valence-electron chi connectivity index (χ4n) is 3.14. The first-order valence-electron chi connectivity index (χ1n) is 10.7. The van der Waals surface area contributed by atoms with Crippen molar-refractivity contribution < 1.29 is 19.0 Å². The summed E-state index contributed by atoms with van der Waals surface area (Å²) in [6.45, 7) is 6.00. The molecule has 8 heteroatoms. The first-order chi connectivity index (χ1) is 15.4. The van der Waals surface area contributed by atoms with Crippen molar-refractivity contribution in [3.63, 3.8) is 0 Å². The van der Waals surface area contributed by atoms with Crippen LogP contribution in [0.25, 0.3) is 0 Å². The molecule has 1 aromatic heterocycles. The quantitative estimate of drug-likeness (QED) is 0.268. The lowest BCUT2D eigenvalue weighted by Crippen LogP contribution is -2.41. The van der Waals surface area contributed by atoms with Gasteiger partial charge in [-0.2, -0.15) is 0 Å². The van der Waals surface area contributed by atoms with Crippen molar-refractivity contribution in [2.75, 3.05) is 13.2 Å². The number of rotatable bonds is 13. The molecule has 2 aromatic rings. The van der Waals surface area contributed by atoms with Gasteiger partial charge in [-0.25, -0.2) is 9.36 Å². The predicted molar refractivity (Wildman–Crippen MR) is 121 cm³/mol. The monoisotopic (exact) mass is 444 g/mol. The Balaban J connectivity index is 2.03. The lowest BCUT2D eigenvalue weighted by Gasteiger charge is -2.18. The second-order valence-corrected chi connectivity index (χ2v) is 7.41. The Morgan fingerprint density at radius 3 is 2.59 bits per heavy atom. The SMILES string of the molecule is C/C=C/C[C@H](CCn1cc(C)c(=O)n(COCc2ccccc2)c1=O)OCCOC(C)=O. The molecule has 0 amide bonds. The lowest BCUT2D eigenvalue weighted by molar-refractivity contribution is -0.143. The molecule has 8 nitrogen and oxygen atoms in total.